The third-order valence-electron chi connectivity index (χ3n) is 3.93. The van der Waals surface area contributed by atoms with Gasteiger partial charge >= 0.3 is 0 Å². The first-order valence-electron chi connectivity index (χ1n) is 7.74. The van der Waals surface area contributed by atoms with Crippen molar-refractivity contribution in [1.29, 1.82) is 0 Å². The predicted octanol–water partition coefficient (Wildman–Crippen LogP) is 4.88. The summed E-state index contributed by atoms with van der Waals surface area (Å²) in [5, 5.41) is 10.8. The van der Waals surface area contributed by atoms with Crippen molar-refractivity contribution in [1.82, 2.24) is 9.38 Å². The molecule has 4 nitrogen and oxygen atoms in total. The summed E-state index contributed by atoms with van der Waals surface area (Å²) in [4.78, 5) is 4.49. The quantitative estimate of drug-likeness (QED) is 0.599. The number of hydrogen-bond acceptors (Lipinski definition) is 3. The lowest BCUT2D eigenvalue weighted by Crippen LogP contribution is -2.02. The fraction of sp³-hybridized carbons (Fsp3) is 0.278. The fourth-order valence-corrected chi connectivity index (χ4v) is 3.18. The second kappa shape index (κ2) is 8.77. The molecule has 3 aromatic rings. The third-order valence-corrected chi connectivity index (χ3v) is 4.51. The van der Waals surface area contributed by atoms with Crippen LogP contribution in [-0.4, -0.2) is 21.1 Å². The zero-order chi connectivity index (χ0) is 17.1. The van der Waals surface area contributed by atoms with Crippen molar-refractivity contribution in [3.05, 3.63) is 63.5 Å². The van der Waals surface area contributed by atoms with Crippen molar-refractivity contribution in [3.63, 3.8) is 0 Å². The van der Waals surface area contributed by atoms with Gasteiger partial charge in [-0.15, -0.1) is 12.4 Å². The van der Waals surface area contributed by atoms with Crippen LogP contribution in [0.15, 0.2) is 36.5 Å². The number of hydrogen-bond donors (Lipinski definition) is 1. The van der Waals surface area contributed by atoms with Crippen molar-refractivity contribution >= 4 is 41.3 Å². The molecule has 134 valence electrons. The maximum absolute atomic E-state index is 9.46. The Hall–Kier alpha value is -1.46. The molecule has 0 radical (unpaired) electrons. The Labute approximate surface area is 162 Å². The van der Waals surface area contributed by atoms with Crippen molar-refractivity contribution in [2.24, 2.45) is 0 Å². The summed E-state index contributed by atoms with van der Waals surface area (Å²) in [5.41, 5.74) is 3.37. The average molecular weight is 402 g/mol. The SMILES string of the molecule is Cc1nc2c(OCCCc3ccc(Cl)cc3Cl)cccn2c1CO.Cl. The highest BCUT2D eigenvalue weighted by Gasteiger charge is 2.11. The summed E-state index contributed by atoms with van der Waals surface area (Å²) in [6.07, 6.45) is 3.52. The number of pyridine rings is 1. The van der Waals surface area contributed by atoms with Crippen LogP contribution in [0.5, 0.6) is 5.75 Å². The number of aryl methyl sites for hydroxylation is 2. The van der Waals surface area contributed by atoms with Crippen molar-refractivity contribution in [2.75, 3.05) is 6.61 Å². The molecule has 7 heteroatoms. The number of rotatable bonds is 6. The van der Waals surface area contributed by atoms with Gasteiger partial charge in [0.2, 0.25) is 0 Å². The highest BCUT2D eigenvalue weighted by molar-refractivity contribution is 6.35. The molecule has 0 unspecified atom stereocenters. The molecule has 2 heterocycles. The molecular formula is C18H19Cl3N2O2. The lowest BCUT2D eigenvalue weighted by atomic mass is 10.1. The molecule has 0 saturated heterocycles. The van der Waals surface area contributed by atoms with Crippen LogP contribution in [0.25, 0.3) is 5.65 Å². The Morgan fingerprint density at radius 1 is 1.24 bits per heavy atom. The Kier molecular flexibility index (Phi) is 6.96. The predicted molar refractivity (Wildman–Crippen MR) is 103 cm³/mol. The van der Waals surface area contributed by atoms with E-state index in [1.54, 1.807) is 6.07 Å². The molecule has 0 bridgehead atoms. The minimum absolute atomic E-state index is 0. The van der Waals surface area contributed by atoms with Gasteiger partial charge in [0.05, 0.1) is 24.6 Å². The molecule has 0 aliphatic rings. The average Bonchev–Trinajstić information content (AvgIpc) is 2.89. The number of aliphatic hydroxyl groups excluding tert-OH is 1. The molecule has 0 saturated carbocycles. The summed E-state index contributed by atoms with van der Waals surface area (Å²) in [5.74, 6) is 0.711. The lowest BCUT2D eigenvalue weighted by Gasteiger charge is -2.09. The minimum Gasteiger partial charge on any atom is -0.490 e. The summed E-state index contributed by atoms with van der Waals surface area (Å²) in [7, 11) is 0. The number of halogens is 3. The number of ether oxygens (including phenoxy) is 1. The first kappa shape index (κ1) is 19.9. The molecule has 25 heavy (non-hydrogen) atoms. The van der Waals surface area contributed by atoms with E-state index in [4.69, 9.17) is 27.9 Å². The van der Waals surface area contributed by atoms with E-state index < -0.39 is 0 Å². The minimum atomic E-state index is -0.0501. The van der Waals surface area contributed by atoms with Crippen molar-refractivity contribution in [2.45, 2.75) is 26.4 Å². The van der Waals surface area contributed by atoms with Gasteiger partial charge in [0.1, 0.15) is 0 Å². The van der Waals surface area contributed by atoms with Gasteiger partial charge in [-0.1, -0.05) is 29.3 Å². The van der Waals surface area contributed by atoms with E-state index in [1.807, 2.05) is 41.8 Å². The summed E-state index contributed by atoms with van der Waals surface area (Å²) >= 11 is 12.1. The number of aromatic nitrogens is 2. The number of imidazole rings is 1. The van der Waals surface area contributed by atoms with Crippen LogP contribution in [0, 0.1) is 6.92 Å². The van der Waals surface area contributed by atoms with E-state index >= 15 is 0 Å². The monoisotopic (exact) mass is 400 g/mol. The number of fused-ring (bicyclic) bond motifs is 1. The Morgan fingerprint density at radius 2 is 2.04 bits per heavy atom. The van der Waals surface area contributed by atoms with Crippen molar-refractivity contribution in [3.8, 4) is 5.75 Å². The topological polar surface area (TPSA) is 46.8 Å². The number of aliphatic hydroxyl groups is 1. The van der Waals surface area contributed by atoms with E-state index in [2.05, 4.69) is 4.98 Å². The van der Waals surface area contributed by atoms with Gasteiger partial charge in [0, 0.05) is 16.2 Å². The first-order valence-corrected chi connectivity index (χ1v) is 8.50. The van der Waals surface area contributed by atoms with Gasteiger partial charge in [0.15, 0.2) is 11.4 Å². The molecule has 0 amide bonds. The van der Waals surface area contributed by atoms with E-state index in [1.165, 1.54) is 0 Å². The summed E-state index contributed by atoms with van der Waals surface area (Å²) < 4.78 is 7.75. The zero-order valence-corrected chi connectivity index (χ0v) is 16.0. The molecule has 0 aliphatic carbocycles. The standard InChI is InChI=1S/C18H18Cl2N2O2.ClH/c1-12-16(11-23)22-8-2-5-17(18(22)21-12)24-9-3-4-13-6-7-14(19)10-15(13)20;/h2,5-8,10,23H,3-4,9,11H2,1H3;1H. The third kappa shape index (κ3) is 4.39. The van der Waals surface area contributed by atoms with Gasteiger partial charge in [-0.3, -0.25) is 4.40 Å². The van der Waals surface area contributed by atoms with Crippen LogP contribution < -0.4 is 4.74 Å². The van der Waals surface area contributed by atoms with Crippen LogP contribution in [0.1, 0.15) is 23.4 Å². The smallest absolute Gasteiger partial charge is 0.180 e. The largest absolute Gasteiger partial charge is 0.490 e. The second-order valence-electron chi connectivity index (χ2n) is 5.56. The molecule has 3 rings (SSSR count). The van der Waals surface area contributed by atoms with Gasteiger partial charge in [-0.25, -0.2) is 4.98 Å². The highest BCUT2D eigenvalue weighted by Crippen LogP contribution is 2.24. The highest BCUT2D eigenvalue weighted by atomic mass is 35.5. The van der Waals surface area contributed by atoms with Crippen LogP contribution in [0.3, 0.4) is 0 Å². The Morgan fingerprint density at radius 3 is 2.76 bits per heavy atom. The Bertz CT molecular complexity index is 865. The number of nitrogens with zero attached hydrogens (tertiary/aromatic N) is 2. The number of benzene rings is 1. The molecule has 1 N–H and O–H groups in total. The molecule has 2 aromatic heterocycles. The first-order chi connectivity index (χ1) is 11.6. The Balaban J connectivity index is 0.00000225. The molecule has 0 fully saturated rings. The van der Waals surface area contributed by atoms with Gasteiger partial charge in [-0.05, 0) is 49.6 Å². The van der Waals surface area contributed by atoms with Crippen LogP contribution >= 0.6 is 35.6 Å². The molecule has 0 spiro atoms. The fourth-order valence-electron chi connectivity index (χ4n) is 2.68. The second-order valence-corrected chi connectivity index (χ2v) is 6.40. The van der Waals surface area contributed by atoms with Crippen LogP contribution in [-0.2, 0) is 13.0 Å². The van der Waals surface area contributed by atoms with Crippen LogP contribution in [0.2, 0.25) is 10.0 Å². The zero-order valence-electron chi connectivity index (χ0n) is 13.7. The molecule has 1 aromatic carbocycles. The molecular weight excluding hydrogens is 383 g/mol. The maximum Gasteiger partial charge on any atom is 0.180 e. The molecule has 0 atom stereocenters. The van der Waals surface area contributed by atoms with Gasteiger partial charge in [0.25, 0.3) is 0 Å². The lowest BCUT2D eigenvalue weighted by molar-refractivity contribution is 0.274. The molecule has 0 aliphatic heterocycles. The van der Waals surface area contributed by atoms with Gasteiger partial charge < -0.3 is 9.84 Å². The maximum atomic E-state index is 9.46. The van der Waals surface area contributed by atoms with E-state index in [9.17, 15) is 5.11 Å². The van der Waals surface area contributed by atoms with Crippen molar-refractivity contribution < 1.29 is 9.84 Å². The normalized spacial score (nSPS) is 10.7. The van der Waals surface area contributed by atoms with E-state index in [0.717, 1.165) is 35.4 Å². The van der Waals surface area contributed by atoms with E-state index in [-0.39, 0.29) is 19.0 Å². The van der Waals surface area contributed by atoms with Gasteiger partial charge in [-0.2, -0.15) is 0 Å². The summed E-state index contributed by atoms with van der Waals surface area (Å²) in [6, 6.07) is 9.31. The van der Waals surface area contributed by atoms with Crippen LogP contribution in [0.4, 0.5) is 0 Å². The summed E-state index contributed by atoms with van der Waals surface area (Å²) in [6.45, 7) is 2.38. The van der Waals surface area contributed by atoms with E-state index in [0.29, 0.717) is 22.4 Å².